The zero-order chi connectivity index (χ0) is 23.1. The largest absolute Gasteiger partial charge is 0.497 e. The average Bonchev–Trinajstić information content (AvgIpc) is 2.83. The fourth-order valence-corrected chi connectivity index (χ4v) is 3.09. The summed E-state index contributed by atoms with van der Waals surface area (Å²) in [7, 11) is 2.92. The number of rotatable bonds is 7. The topological polar surface area (TPSA) is 85.6 Å². The average molecular weight is 448 g/mol. The van der Waals surface area contributed by atoms with Crippen molar-refractivity contribution in [3.8, 4) is 23.3 Å². The molecule has 0 aromatic heterocycles. The van der Waals surface area contributed by atoms with E-state index in [0.717, 1.165) is 0 Å². The van der Waals surface area contributed by atoms with E-state index in [2.05, 4.69) is 0 Å². The van der Waals surface area contributed by atoms with Crippen LogP contribution in [-0.2, 0) is 0 Å². The molecule has 0 fully saturated rings. The van der Waals surface area contributed by atoms with Crippen molar-refractivity contribution in [2.45, 2.75) is 0 Å². The van der Waals surface area contributed by atoms with Crippen LogP contribution >= 0.6 is 11.6 Å². The number of methoxy groups -OCH3 is 2. The molecule has 32 heavy (non-hydrogen) atoms. The minimum absolute atomic E-state index is 0.0684. The molecule has 0 saturated heterocycles. The maximum atomic E-state index is 12.7. The first kappa shape index (κ1) is 22.6. The van der Waals surface area contributed by atoms with E-state index in [1.165, 1.54) is 26.4 Å². The minimum Gasteiger partial charge on any atom is -0.497 e. The number of esters is 1. The van der Waals surface area contributed by atoms with Gasteiger partial charge in [0.1, 0.15) is 17.4 Å². The number of Topliss-reactive ketones (excluding diaryl/α,β-unsaturated/α-hetero) is 1. The third kappa shape index (κ3) is 5.15. The summed E-state index contributed by atoms with van der Waals surface area (Å²) >= 11 is 6.05. The van der Waals surface area contributed by atoms with Gasteiger partial charge in [0.2, 0.25) is 5.78 Å². The number of halogens is 1. The molecule has 0 heterocycles. The van der Waals surface area contributed by atoms with Crippen LogP contribution in [0.4, 0.5) is 0 Å². The van der Waals surface area contributed by atoms with E-state index in [9.17, 15) is 14.9 Å². The monoisotopic (exact) mass is 447 g/mol. The second-order valence-corrected chi connectivity index (χ2v) is 6.92. The Hall–Kier alpha value is -4.08. The highest BCUT2D eigenvalue weighted by Gasteiger charge is 2.17. The van der Waals surface area contributed by atoms with Gasteiger partial charge in [-0.1, -0.05) is 41.9 Å². The number of hydrogen-bond acceptors (Lipinski definition) is 6. The predicted octanol–water partition coefficient (Wildman–Crippen LogP) is 5.37. The summed E-state index contributed by atoms with van der Waals surface area (Å²) in [6.45, 7) is 0. The van der Waals surface area contributed by atoms with Gasteiger partial charge in [-0.05, 0) is 48.0 Å². The number of allylic oxidation sites excluding steroid dienone is 1. The van der Waals surface area contributed by atoms with E-state index in [1.807, 2.05) is 6.07 Å². The second-order valence-electron chi connectivity index (χ2n) is 6.51. The zero-order valence-electron chi connectivity index (χ0n) is 17.3. The van der Waals surface area contributed by atoms with Crippen LogP contribution in [0.25, 0.3) is 6.08 Å². The smallest absolute Gasteiger partial charge is 0.345 e. The fourth-order valence-electron chi connectivity index (χ4n) is 2.87. The number of ether oxygens (including phenoxy) is 3. The van der Waals surface area contributed by atoms with Crippen LogP contribution < -0.4 is 14.2 Å². The van der Waals surface area contributed by atoms with E-state index >= 15 is 0 Å². The van der Waals surface area contributed by atoms with E-state index in [0.29, 0.717) is 16.9 Å². The number of benzene rings is 3. The second kappa shape index (κ2) is 10.3. The van der Waals surface area contributed by atoms with Crippen LogP contribution in [0.5, 0.6) is 17.2 Å². The third-order valence-corrected chi connectivity index (χ3v) is 4.82. The number of nitriles is 1. The van der Waals surface area contributed by atoms with Gasteiger partial charge in [0.05, 0.1) is 24.8 Å². The van der Waals surface area contributed by atoms with E-state index in [4.69, 9.17) is 25.8 Å². The van der Waals surface area contributed by atoms with Gasteiger partial charge in [0.25, 0.3) is 0 Å². The van der Waals surface area contributed by atoms with Crippen molar-refractivity contribution < 1.29 is 23.8 Å². The Bertz CT molecular complexity index is 1240. The Balaban J connectivity index is 1.87. The van der Waals surface area contributed by atoms with Crippen molar-refractivity contribution in [1.82, 2.24) is 0 Å². The molecule has 0 N–H and O–H groups in total. The number of carbonyl (C=O) groups is 2. The molecule has 0 spiro atoms. The van der Waals surface area contributed by atoms with Crippen molar-refractivity contribution in [2.24, 2.45) is 0 Å². The molecule has 160 valence electrons. The van der Waals surface area contributed by atoms with Gasteiger partial charge in [-0.3, -0.25) is 4.79 Å². The van der Waals surface area contributed by atoms with Crippen LogP contribution in [0.15, 0.2) is 72.3 Å². The molecular weight excluding hydrogens is 430 g/mol. The van der Waals surface area contributed by atoms with Gasteiger partial charge in [-0.15, -0.1) is 0 Å². The molecule has 7 heteroatoms. The first-order valence-corrected chi connectivity index (χ1v) is 9.80. The summed E-state index contributed by atoms with van der Waals surface area (Å²) in [6.07, 6.45) is 1.43. The van der Waals surface area contributed by atoms with Gasteiger partial charge in [0, 0.05) is 5.56 Å². The number of carbonyl (C=O) groups excluding carboxylic acids is 2. The first-order valence-electron chi connectivity index (χ1n) is 9.42. The molecule has 3 aromatic rings. The Kier molecular flexibility index (Phi) is 7.27. The molecule has 0 aliphatic rings. The van der Waals surface area contributed by atoms with E-state index < -0.39 is 11.8 Å². The molecule has 3 aromatic carbocycles. The molecule has 0 saturated carbocycles. The van der Waals surface area contributed by atoms with Gasteiger partial charge < -0.3 is 14.2 Å². The van der Waals surface area contributed by atoms with Crippen LogP contribution in [0.3, 0.4) is 0 Å². The molecule has 0 aliphatic heterocycles. The summed E-state index contributed by atoms with van der Waals surface area (Å²) in [5.74, 6) is -0.139. The molecule has 0 radical (unpaired) electrons. The lowest BCUT2D eigenvalue weighted by molar-refractivity contribution is 0.0729. The van der Waals surface area contributed by atoms with Gasteiger partial charge in [-0.2, -0.15) is 5.26 Å². The Labute approximate surface area is 190 Å². The molecular formula is C25H18ClNO5. The van der Waals surface area contributed by atoms with Crippen LogP contribution in [0.1, 0.15) is 26.3 Å². The lowest BCUT2D eigenvalue weighted by atomic mass is 10.0. The van der Waals surface area contributed by atoms with Crippen LogP contribution in [-0.4, -0.2) is 26.0 Å². The molecule has 0 aliphatic carbocycles. The molecule has 0 unspecified atom stereocenters. The molecule has 3 rings (SSSR count). The van der Waals surface area contributed by atoms with Crippen molar-refractivity contribution in [3.05, 3.63) is 94.0 Å². The van der Waals surface area contributed by atoms with Crippen molar-refractivity contribution in [3.63, 3.8) is 0 Å². The zero-order valence-corrected chi connectivity index (χ0v) is 18.1. The Morgan fingerprint density at radius 3 is 2.41 bits per heavy atom. The van der Waals surface area contributed by atoms with Crippen LogP contribution in [0.2, 0.25) is 5.02 Å². The minimum atomic E-state index is -0.636. The predicted molar refractivity (Wildman–Crippen MR) is 120 cm³/mol. The SMILES string of the molecule is COc1cccc(C(=O)/C(C#N)=C/c2ccc(OC(=O)c3ccccc3Cl)c(OC)c2)c1. The summed E-state index contributed by atoms with van der Waals surface area (Å²) in [5, 5.41) is 9.78. The standard InChI is InChI=1S/C25H18ClNO5/c1-30-19-7-5-6-17(14-19)24(28)18(15-27)12-16-10-11-22(23(13-16)31-2)32-25(29)20-8-3-4-9-21(20)26/h3-14H,1-2H3/b18-12+. The normalized spacial score (nSPS) is 10.8. The highest BCUT2D eigenvalue weighted by molar-refractivity contribution is 6.33. The quantitative estimate of drug-likeness (QED) is 0.159. The highest BCUT2D eigenvalue weighted by Crippen LogP contribution is 2.30. The fraction of sp³-hybridized carbons (Fsp3) is 0.0800. The Morgan fingerprint density at radius 1 is 0.938 bits per heavy atom. The summed E-state index contributed by atoms with van der Waals surface area (Å²) in [4.78, 5) is 25.2. The van der Waals surface area contributed by atoms with Gasteiger partial charge >= 0.3 is 5.97 Å². The highest BCUT2D eigenvalue weighted by atomic mass is 35.5. The first-order chi connectivity index (χ1) is 15.5. The van der Waals surface area contributed by atoms with E-state index in [1.54, 1.807) is 60.7 Å². The molecule has 0 atom stereocenters. The lowest BCUT2D eigenvalue weighted by Gasteiger charge is -2.11. The van der Waals surface area contributed by atoms with Crippen LogP contribution in [0, 0.1) is 11.3 Å². The lowest BCUT2D eigenvalue weighted by Crippen LogP contribution is -2.10. The summed E-state index contributed by atoms with van der Waals surface area (Å²) < 4.78 is 15.9. The molecule has 0 amide bonds. The van der Waals surface area contributed by atoms with Crippen molar-refractivity contribution in [1.29, 1.82) is 5.26 Å². The number of hydrogen-bond donors (Lipinski definition) is 0. The van der Waals surface area contributed by atoms with Gasteiger partial charge in [-0.25, -0.2) is 4.79 Å². The van der Waals surface area contributed by atoms with Gasteiger partial charge in [0.15, 0.2) is 11.5 Å². The Morgan fingerprint density at radius 2 is 1.72 bits per heavy atom. The molecule has 6 nitrogen and oxygen atoms in total. The summed E-state index contributed by atoms with van der Waals surface area (Å²) in [5.41, 5.74) is 0.999. The third-order valence-electron chi connectivity index (χ3n) is 4.49. The molecule has 0 bridgehead atoms. The summed E-state index contributed by atoms with van der Waals surface area (Å²) in [6, 6.07) is 19.7. The maximum absolute atomic E-state index is 12.7. The van der Waals surface area contributed by atoms with Crippen molar-refractivity contribution >= 4 is 29.4 Å². The maximum Gasteiger partial charge on any atom is 0.345 e. The van der Waals surface area contributed by atoms with Crippen molar-refractivity contribution in [2.75, 3.05) is 14.2 Å². The number of ketones is 1. The van der Waals surface area contributed by atoms with E-state index in [-0.39, 0.29) is 27.7 Å². The number of nitrogens with zero attached hydrogens (tertiary/aromatic N) is 1.